The van der Waals surface area contributed by atoms with Crippen molar-refractivity contribution >= 4 is 62.6 Å². The highest BCUT2D eigenvalue weighted by Gasteiger charge is 2.53. The fourth-order valence-corrected chi connectivity index (χ4v) is 5.86. The van der Waals surface area contributed by atoms with Gasteiger partial charge in [0.05, 0.1) is 11.7 Å². The van der Waals surface area contributed by atoms with Gasteiger partial charge >= 0.3 is 0 Å². The molecule has 184 valence electrons. The topological polar surface area (TPSA) is 180 Å². The number of aromatic nitrogens is 4. The third kappa shape index (κ3) is 4.22. The molecule has 0 bridgehead atoms. The lowest BCUT2D eigenvalue weighted by molar-refractivity contribution is -0.687. The van der Waals surface area contributed by atoms with Crippen LogP contribution in [0.5, 0.6) is 0 Å². The molecule has 2 atom stereocenters. The molecule has 2 aliphatic heterocycles. The third-order valence-electron chi connectivity index (χ3n) is 5.57. The summed E-state index contributed by atoms with van der Waals surface area (Å²) >= 11 is 2.46. The van der Waals surface area contributed by atoms with Crippen LogP contribution in [0.15, 0.2) is 52.8 Å². The second kappa shape index (κ2) is 9.50. The van der Waals surface area contributed by atoms with Crippen molar-refractivity contribution in [2.24, 2.45) is 5.16 Å². The average molecular weight is 527 g/mol. The molecule has 36 heavy (non-hydrogen) atoms. The van der Waals surface area contributed by atoms with Gasteiger partial charge in [0.25, 0.3) is 11.8 Å². The molecule has 13 nitrogen and oxygen atoms in total. The second-order valence-electron chi connectivity index (χ2n) is 7.77. The molecule has 0 saturated carbocycles. The fraction of sp³-hybridized carbons (Fsp3) is 0.238. The number of pyridine rings is 1. The number of amides is 2. The monoisotopic (exact) mass is 526 g/mol. The van der Waals surface area contributed by atoms with Crippen molar-refractivity contribution in [3.05, 3.63) is 53.3 Å². The highest BCUT2D eigenvalue weighted by Crippen LogP contribution is 2.40. The number of rotatable bonds is 7. The molecule has 0 radical (unpaired) electrons. The van der Waals surface area contributed by atoms with Crippen molar-refractivity contribution in [1.82, 2.24) is 25.2 Å². The van der Waals surface area contributed by atoms with Gasteiger partial charge in [0, 0.05) is 34.4 Å². The zero-order valence-corrected chi connectivity index (χ0v) is 20.3. The Hall–Kier alpha value is -4.11. The Kier molecular flexibility index (Phi) is 6.24. The number of nitrogen functional groups attached to an aromatic ring is 1. The molecule has 0 unspecified atom stereocenters. The maximum atomic E-state index is 13.0. The zero-order chi connectivity index (χ0) is 25.4. The number of nitrogens with one attached hydrogen (secondary N) is 1. The molecule has 3 N–H and O–H groups in total. The molecule has 1 saturated heterocycles. The molecule has 0 aromatic carbocycles. The van der Waals surface area contributed by atoms with Crippen LogP contribution in [0.1, 0.15) is 5.69 Å². The summed E-state index contributed by atoms with van der Waals surface area (Å²) < 4.78 is 1.78. The van der Waals surface area contributed by atoms with Gasteiger partial charge in [0.2, 0.25) is 0 Å². The number of carboxylic acids is 1. The van der Waals surface area contributed by atoms with Crippen LogP contribution in [0.4, 0.5) is 5.13 Å². The number of nitrogens with two attached hydrogens (primary N) is 1. The van der Waals surface area contributed by atoms with E-state index in [4.69, 9.17) is 10.6 Å². The van der Waals surface area contributed by atoms with Gasteiger partial charge < -0.3 is 25.8 Å². The molecule has 2 amide bonds. The Morgan fingerprint density at radius 3 is 3.00 bits per heavy atom. The van der Waals surface area contributed by atoms with Crippen molar-refractivity contribution in [3.8, 4) is 0 Å². The number of carboxylic acid groups (broad SMARTS) is 1. The number of nitrogens with zero attached hydrogens (tertiary/aromatic N) is 6. The van der Waals surface area contributed by atoms with Gasteiger partial charge in [-0.05, 0) is 0 Å². The first-order valence-corrected chi connectivity index (χ1v) is 12.4. The van der Waals surface area contributed by atoms with Gasteiger partial charge in [-0.2, -0.15) is 4.57 Å². The predicted octanol–water partition coefficient (Wildman–Crippen LogP) is -1.59. The predicted molar refractivity (Wildman–Crippen MR) is 127 cm³/mol. The van der Waals surface area contributed by atoms with E-state index in [2.05, 4.69) is 25.4 Å². The Morgan fingerprint density at radius 1 is 1.44 bits per heavy atom. The van der Waals surface area contributed by atoms with E-state index in [9.17, 15) is 19.5 Å². The Bertz CT molecular complexity index is 1450. The van der Waals surface area contributed by atoms with E-state index in [1.54, 1.807) is 23.2 Å². The standard InChI is InChI=1S/C21H18N8O5S2/c1-34-27-14(13-8-36-21(22)25-13)17(30)26-15-18(31)29-16(20(32)33)11(7-35-19(15)29)5-28-3-2-10-4-23-9-24-12(10)6-28/h2-4,6,8-9,15,19H,5,7H2,1H3,(H3-,22,25,26,30,32,33)/b27-14-/t15-,19-/m1/s1. The molecular weight excluding hydrogens is 508 g/mol. The van der Waals surface area contributed by atoms with Gasteiger partial charge in [0.15, 0.2) is 29.8 Å². The minimum atomic E-state index is -1.46. The number of carbonyl (C=O) groups is 3. The minimum Gasteiger partial charge on any atom is -0.543 e. The van der Waals surface area contributed by atoms with Crippen LogP contribution in [0.3, 0.4) is 0 Å². The molecular formula is C21H18N8O5S2. The second-order valence-corrected chi connectivity index (χ2v) is 9.77. The van der Waals surface area contributed by atoms with E-state index in [-0.39, 0.29) is 28.8 Å². The Labute approximate surface area is 211 Å². The molecule has 15 heteroatoms. The number of anilines is 1. The first-order valence-electron chi connectivity index (χ1n) is 10.5. The molecule has 1 fully saturated rings. The van der Waals surface area contributed by atoms with Crippen LogP contribution in [-0.4, -0.2) is 67.6 Å². The van der Waals surface area contributed by atoms with Crippen molar-refractivity contribution in [3.63, 3.8) is 0 Å². The number of β-lactam (4-membered cyclic amide) rings is 1. The van der Waals surface area contributed by atoms with Gasteiger partial charge in [0.1, 0.15) is 36.1 Å². The molecule has 2 aliphatic rings. The smallest absolute Gasteiger partial charge is 0.276 e. The molecule has 5 rings (SSSR count). The SMILES string of the molecule is CO/N=C(\C(=O)N[C@@H]1C(=O)N2C(C(=O)[O-])=C(C[n+]3ccc4cncnc4c3)CS[C@H]12)c1csc(N)n1. The maximum absolute atomic E-state index is 13.0. The normalized spacial score (nSPS) is 19.6. The number of oxime groups is 1. The van der Waals surface area contributed by atoms with Crippen LogP contribution in [0.2, 0.25) is 0 Å². The maximum Gasteiger partial charge on any atom is 0.276 e. The lowest BCUT2D eigenvalue weighted by Crippen LogP contribution is -2.71. The van der Waals surface area contributed by atoms with Crippen LogP contribution in [0.25, 0.3) is 10.9 Å². The molecule has 5 heterocycles. The van der Waals surface area contributed by atoms with E-state index in [1.807, 2.05) is 6.07 Å². The largest absolute Gasteiger partial charge is 0.543 e. The number of thioether (sulfide) groups is 1. The average Bonchev–Trinajstić information content (AvgIpc) is 3.30. The Balaban J connectivity index is 1.36. The summed E-state index contributed by atoms with van der Waals surface area (Å²) in [6.07, 6.45) is 6.67. The van der Waals surface area contributed by atoms with Gasteiger partial charge in [-0.15, -0.1) is 23.1 Å². The minimum absolute atomic E-state index is 0.148. The van der Waals surface area contributed by atoms with Gasteiger partial charge in [-0.1, -0.05) is 5.16 Å². The van der Waals surface area contributed by atoms with E-state index < -0.39 is 29.2 Å². The van der Waals surface area contributed by atoms with Crippen LogP contribution < -0.4 is 20.7 Å². The van der Waals surface area contributed by atoms with E-state index in [0.29, 0.717) is 16.8 Å². The van der Waals surface area contributed by atoms with Crippen molar-refractivity contribution in [2.75, 3.05) is 18.6 Å². The van der Waals surface area contributed by atoms with E-state index >= 15 is 0 Å². The lowest BCUT2D eigenvalue weighted by Gasteiger charge is -2.50. The van der Waals surface area contributed by atoms with Crippen LogP contribution in [-0.2, 0) is 25.8 Å². The molecule has 0 aliphatic carbocycles. The van der Waals surface area contributed by atoms with Gasteiger partial charge in [-0.25, -0.2) is 15.0 Å². The summed E-state index contributed by atoms with van der Waals surface area (Å²) in [6, 6.07) is 0.865. The summed E-state index contributed by atoms with van der Waals surface area (Å²) in [5, 5.41) is 20.4. The molecule has 3 aromatic rings. The number of fused-ring (bicyclic) bond motifs is 2. The van der Waals surface area contributed by atoms with Crippen molar-refractivity contribution < 1.29 is 28.9 Å². The quantitative estimate of drug-likeness (QED) is 0.158. The Morgan fingerprint density at radius 2 is 2.28 bits per heavy atom. The number of thiazole rings is 1. The van der Waals surface area contributed by atoms with E-state index in [1.165, 1.54) is 30.6 Å². The number of hydrogen-bond acceptors (Lipinski definition) is 12. The lowest BCUT2D eigenvalue weighted by atomic mass is 10.0. The molecule has 0 spiro atoms. The number of hydrogen-bond donors (Lipinski definition) is 2. The first-order chi connectivity index (χ1) is 17.4. The van der Waals surface area contributed by atoms with Gasteiger partial charge in [-0.3, -0.25) is 14.5 Å². The van der Waals surface area contributed by atoms with E-state index in [0.717, 1.165) is 21.6 Å². The summed E-state index contributed by atoms with van der Waals surface area (Å²) in [4.78, 5) is 56.0. The number of aliphatic carboxylic acids is 1. The molecule has 3 aromatic heterocycles. The van der Waals surface area contributed by atoms with Crippen LogP contribution in [0, 0.1) is 0 Å². The highest BCUT2D eigenvalue weighted by molar-refractivity contribution is 8.00. The zero-order valence-electron chi connectivity index (χ0n) is 18.7. The fourth-order valence-electron chi connectivity index (χ4n) is 3.98. The summed E-state index contributed by atoms with van der Waals surface area (Å²) in [6.45, 7) is 0.222. The third-order valence-corrected chi connectivity index (χ3v) is 7.58. The highest BCUT2D eigenvalue weighted by atomic mass is 32.2. The van der Waals surface area contributed by atoms with Crippen molar-refractivity contribution in [1.29, 1.82) is 0 Å². The van der Waals surface area contributed by atoms with Crippen molar-refractivity contribution in [2.45, 2.75) is 18.0 Å². The summed E-state index contributed by atoms with van der Waals surface area (Å²) in [5.74, 6) is -2.40. The number of carbonyl (C=O) groups excluding carboxylic acids is 3. The van der Waals surface area contributed by atoms with Crippen LogP contribution >= 0.6 is 23.1 Å². The first kappa shape index (κ1) is 23.6. The summed E-state index contributed by atoms with van der Waals surface area (Å²) in [7, 11) is 1.27. The summed E-state index contributed by atoms with van der Waals surface area (Å²) in [5.41, 5.74) is 6.71.